The number of fused-ring (bicyclic) bond motifs is 1. The molecule has 0 saturated carbocycles. The Bertz CT molecular complexity index is 1170. The van der Waals surface area contributed by atoms with Crippen molar-refractivity contribution >= 4 is 50.8 Å². The first kappa shape index (κ1) is 22.0. The first-order valence-corrected chi connectivity index (χ1v) is 12.1. The van der Waals surface area contributed by atoms with Crippen molar-refractivity contribution in [3.8, 4) is 0 Å². The van der Waals surface area contributed by atoms with Gasteiger partial charge in [0.05, 0.1) is 22.0 Å². The fourth-order valence-electron chi connectivity index (χ4n) is 3.27. The molecule has 1 aromatic heterocycles. The number of amides is 2. The van der Waals surface area contributed by atoms with Crippen LogP contribution in [-0.2, 0) is 9.59 Å². The molecular formula is C25H23N3O2S2. The highest BCUT2D eigenvalue weighted by Crippen LogP contribution is 2.31. The summed E-state index contributed by atoms with van der Waals surface area (Å²) in [5.74, 6) is 0.199. The highest BCUT2D eigenvalue weighted by molar-refractivity contribution is 8.01. The first-order valence-electron chi connectivity index (χ1n) is 10.3. The molecule has 0 spiro atoms. The SMILES string of the molecule is CCC(=O)Nc1ccc2nc(SCC(=O)NC(c3ccccc3)c3ccccc3)sc2c1. The van der Waals surface area contributed by atoms with Gasteiger partial charge in [0.2, 0.25) is 11.8 Å². The van der Waals surface area contributed by atoms with Gasteiger partial charge in [-0.25, -0.2) is 4.98 Å². The molecule has 4 aromatic rings. The third kappa shape index (κ3) is 5.55. The van der Waals surface area contributed by atoms with Crippen LogP contribution >= 0.6 is 23.1 Å². The number of nitrogens with one attached hydrogen (secondary N) is 2. The average Bonchev–Trinajstić information content (AvgIpc) is 3.24. The topological polar surface area (TPSA) is 71.1 Å². The molecule has 5 nitrogen and oxygen atoms in total. The molecule has 0 aliphatic carbocycles. The molecule has 7 heteroatoms. The highest BCUT2D eigenvalue weighted by atomic mass is 32.2. The van der Waals surface area contributed by atoms with Gasteiger partial charge in [0.25, 0.3) is 0 Å². The lowest BCUT2D eigenvalue weighted by molar-refractivity contribution is -0.119. The van der Waals surface area contributed by atoms with Crippen molar-refractivity contribution < 1.29 is 9.59 Å². The molecule has 32 heavy (non-hydrogen) atoms. The van der Waals surface area contributed by atoms with Crippen LogP contribution in [0.2, 0.25) is 0 Å². The van der Waals surface area contributed by atoms with Crippen LogP contribution in [0.1, 0.15) is 30.5 Å². The number of aromatic nitrogens is 1. The summed E-state index contributed by atoms with van der Waals surface area (Å²) in [6.45, 7) is 1.82. The second-order valence-electron chi connectivity index (χ2n) is 7.17. The maximum atomic E-state index is 12.8. The van der Waals surface area contributed by atoms with Gasteiger partial charge in [-0.05, 0) is 29.3 Å². The zero-order valence-corrected chi connectivity index (χ0v) is 19.2. The van der Waals surface area contributed by atoms with Crippen molar-refractivity contribution in [3.63, 3.8) is 0 Å². The van der Waals surface area contributed by atoms with Crippen LogP contribution in [0.5, 0.6) is 0 Å². The predicted molar refractivity (Wildman–Crippen MR) is 132 cm³/mol. The number of hydrogen-bond donors (Lipinski definition) is 2. The number of hydrogen-bond acceptors (Lipinski definition) is 5. The maximum Gasteiger partial charge on any atom is 0.231 e. The predicted octanol–water partition coefficient (Wildman–Crippen LogP) is 5.64. The van der Waals surface area contributed by atoms with Crippen LogP contribution in [0.25, 0.3) is 10.2 Å². The Balaban J connectivity index is 1.43. The van der Waals surface area contributed by atoms with E-state index in [9.17, 15) is 9.59 Å². The highest BCUT2D eigenvalue weighted by Gasteiger charge is 2.17. The van der Waals surface area contributed by atoms with Crippen LogP contribution in [0.3, 0.4) is 0 Å². The smallest absolute Gasteiger partial charge is 0.231 e. The molecule has 3 aromatic carbocycles. The van der Waals surface area contributed by atoms with Gasteiger partial charge in [-0.3, -0.25) is 9.59 Å². The Kier molecular flexibility index (Phi) is 7.19. The van der Waals surface area contributed by atoms with E-state index in [0.29, 0.717) is 6.42 Å². The quantitative estimate of drug-likeness (QED) is 0.333. The molecule has 0 aliphatic heterocycles. The third-order valence-electron chi connectivity index (χ3n) is 4.87. The molecule has 162 valence electrons. The molecule has 2 amide bonds. The largest absolute Gasteiger partial charge is 0.344 e. The number of rotatable bonds is 8. The Hall–Kier alpha value is -3.16. The molecule has 4 rings (SSSR count). The summed E-state index contributed by atoms with van der Waals surface area (Å²) >= 11 is 2.94. The van der Waals surface area contributed by atoms with E-state index in [4.69, 9.17) is 0 Å². The average molecular weight is 462 g/mol. The fraction of sp³-hybridized carbons (Fsp3) is 0.160. The molecule has 1 heterocycles. The Morgan fingerprint density at radius 1 is 0.938 bits per heavy atom. The zero-order chi connectivity index (χ0) is 22.3. The molecule has 0 radical (unpaired) electrons. The normalized spacial score (nSPS) is 10.9. The van der Waals surface area contributed by atoms with Gasteiger partial charge in [-0.15, -0.1) is 11.3 Å². The van der Waals surface area contributed by atoms with Crippen molar-refractivity contribution in [1.29, 1.82) is 0 Å². The summed E-state index contributed by atoms with van der Waals surface area (Å²) in [4.78, 5) is 29.0. The summed E-state index contributed by atoms with van der Waals surface area (Å²) in [5.41, 5.74) is 3.70. The zero-order valence-electron chi connectivity index (χ0n) is 17.6. The molecule has 0 aliphatic rings. The van der Waals surface area contributed by atoms with Gasteiger partial charge in [0.15, 0.2) is 4.34 Å². The van der Waals surface area contributed by atoms with E-state index >= 15 is 0 Å². The Morgan fingerprint density at radius 2 is 1.59 bits per heavy atom. The van der Waals surface area contributed by atoms with E-state index in [1.165, 1.54) is 23.1 Å². The van der Waals surface area contributed by atoms with Gasteiger partial charge in [0.1, 0.15) is 0 Å². The molecule has 0 saturated heterocycles. The minimum absolute atomic E-state index is 0.0217. The third-order valence-corrected chi connectivity index (χ3v) is 7.03. The summed E-state index contributed by atoms with van der Waals surface area (Å²) < 4.78 is 1.80. The van der Waals surface area contributed by atoms with Crippen LogP contribution < -0.4 is 10.6 Å². The van der Waals surface area contributed by atoms with E-state index < -0.39 is 0 Å². The summed E-state index contributed by atoms with van der Waals surface area (Å²) in [5, 5.41) is 6.03. The standard InChI is InChI=1S/C25H23N3O2S2/c1-2-22(29)26-19-13-14-20-21(15-19)32-25(27-20)31-16-23(30)28-24(17-9-5-3-6-10-17)18-11-7-4-8-12-18/h3-15,24H,2,16H2,1H3,(H,26,29)(H,28,30). The number of thioether (sulfide) groups is 1. The molecule has 0 fully saturated rings. The van der Waals surface area contributed by atoms with Gasteiger partial charge in [0, 0.05) is 12.1 Å². The van der Waals surface area contributed by atoms with Gasteiger partial charge in [-0.2, -0.15) is 0 Å². The van der Waals surface area contributed by atoms with E-state index in [1.807, 2.05) is 85.8 Å². The minimum atomic E-state index is -0.203. The summed E-state index contributed by atoms with van der Waals surface area (Å²) in [7, 11) is 0. The second kappa shape index (κ2) is 10.4. The van der Waals surface area contributed by atoms with E-state index in [2.05, 4.69) is 15.6 Å². The van der Waals surface area contributed by atoms with Crippen LogP contribution in [0, 0.1) is 0 Å². The van der Waals surface area contributed by atoms with E-state index in [1.54, 1.807) is 0 Å². The minimum Gasteiger partial charge on any atom is -0.344 e. The number of anilines is 1. The first-order chi connectivity index (χ1) is 15.6. The monoisotopic (exact) mass is 461 g/mol. The van der Waals surface area contributed by atoms with Crippen LogP contribution in [-0.4, -0.2) is 22.6 Å². The molecular weight excluding hydrogens is 438 g/mol. The number of carbonyl (C=O) groups is 2. The lowest BCUT2D eigenvalue weighted by Crippen LogP contribution is -2.30. The molecule has 2 N–H and O–H groups in total. The number of thiazole rings is 1. The van der Waals surface area contributed by atoms with Crippen molar-refractivity contribution in [2.45, 2.75) is 23.7 Å². The molecule has 0 atom stereocenters. The Labute approximate surface area is 195 Å². The van der Waals surface area contributed by atoms with Gasteiger partial charge >= 0.3 is 0 Å². The van der Waals surface area contributed by atoms with Crippen molar-refractivity contribution in [1.82, 2.24) is 10.3 Å². The van der Waals surface area contributed by atoms with E-state index in [0.717, 1.165) is 31.4 Å². The summed E-state index contributed by atoms with van der Waals surface area (Å²) in [6, 6.07) is 25.4. The van der Waals surface area contributed by atoms with Crippen molar-refractivity contribution in [2.24, 2.45) is 0 Å². The number of nitrogens with zero attached hydrogens (tertiary/aromatic N) is 1. The van der Waals surface area contributed by atoms with Gasteiger partial charge < -0.3 is 10.6 Å². The number of carbonyl (C=O) groups excluding carboxylic acids is 2. The molecule has 0 unspecified atom stereocenters. The maximum absolute atomic E-state index is 12.8. The second-order valence-corrected chi connectivity index (χ2v) is 9.43. The molecule has 0 bridgehead atoms. The summed E-state index contributed by atoms with van der Waals surface area (Å²) in [6.07, 6.45) is 0.434. The van der Waals surface area contributed by atoms with Crippen molar-refractivity contribution in [2.75, 3.05) is 11.1 Å². The lowest BCUT2D eigenvalue weighted by atomic mass is 9.99. The van der Waals surface area contributed by atoms with E-state index in [-0.39, 0.29) is 23.6 Å². The van der Waals surface area contributed by atoms with Crippen LogP contribution in [0.15, 0.2) is 83.2 Å². The van der Waals surface area contributed by atoms with Crippen LogP contribution in [0.4, 0.5) is 5.69 Å². The van der Waals surface area contributed by atoms with Crippen molar-refractivity contribution in [3.05, 3.63) is 90.0 Å². The number of benzene rings is 3. The lowest BCUT2D eigenvalue weighted by Gasteiger charge is -2.19. The Morgan fingerprint density at radius 3 is 2.22 bits per heavy atom. The van der Waals surface area contributed by atoms with Gasteiger partial charge in [-0.1, -0.05) is 79.3 Å². The fourth-order valence-corrected chi connectivity index (χ4v) is 5.19.